The van der Waals surface area contributed by atoms with E-state index in [-0.39, 0.29) is 10.6 Å². The number of halogens is 2. The van der Waals surface area contributed by atoms with Crippen LogP contribution in [0.3, 0.4) is 0 Å². The van der Waals surface area contributed by atoms with Gasteiger partial charge in [-0.3, -0.25) is 4.79 Å². The number of rotatable bonds is 3. The highest BCUT2D eigenvalue weighted by Gasteiger charge is 2.18. The van der Waals surface area contributed by atoms with Crippen molar-refractivity contribution in [3.63, 3.8) is 0 Å². The van der Waals surface area contributed by atoms with Crippen molar-refractivity contribution in [1.29, 1.82) is 0 Å². The molecule has 1 unspecified atom stereocenters. The molecule has 0 aromatic heterocycles. The first-order valence-electron chi connectivity index (χ1n) is 4.49. The van der Waals surface area contributed by atoms with Crippen LogP contribution in [0.4, 0.5) is 0 Å². The lowest BCUT2D eigenvalue weighted by molar-refractivity contribution is -0.116. The minimum absolute atomic E-state index is 0.156. The van der Waals surface area contributed by atoms with Gasteiger partial charge in [-0.05, 0) is 53.1 Å². The van der Waals surface area contributed by atoms with Gasteiger partial charge in [0.15, 0.2) is 0 Å². The van der Waals surface area contributed by atoms with Gasteiger partial charge in [-0.1, -0.05) is 35.0 Å². The Morgan fingerprint density at radius 2 is 2.21 bits per heavy atom. The quantitative estimate of drug-likeness (QED) is 0.586. The van der Waals surface area contributed by atoms with Crippen LogP contribution in [0.2, 0.25) is 0 Å². The normalized spacial score (nSPS) is 12.6. The molecule has 0 saturated carbocycles. The molecule has 1 aromatic carbocycles. The highest BCUT2D eigenvalue weighted by molar-refractivity contribution is 14.1. The van der Waals surface area contributed by atoms with Crippen molar-refractivity contribution in [3.05, 3.63) is 32.9 Å². The number of carbonyl (C=O) groups is 1. The molecule has 0 N–H and O–H groups in total. The molecule has 1 atom stereocenters. The van der Waals surface area contributed by atoms with E-state index >= 15 is 0 Å². The molecule has 0 saturated heterocycles. The lowest BCUT2D eigenvalue weighted by Gasteiger charge is -2.13. The van der Waals surface area contributed by atoms with Crippen molar-refractivity contribution in [2.45, 2.75) is 25.1 Å². The summed E-state index contributed by atoms with van der Waals surface area (Å²) in [6, 6.07) is 6.14. The fourth-order valence-corrected chi connectivity index (χ4v) is 3.21. The maximum absolute atomic E-state index is 11.3. The summed E-state index contributed by atoms with van der Waals surface area (Å²) >= 11 is 5.71. The third-order valence-corrected chi connectivity index (χ3v) is 4.18. The Hall–Kier alpha value is 0.1000. The molecule has 0 heterocycles. The number of carbonyl (C=O) groups excluding carboxylic acids is 1. The molecule has 0 aliphatic heterocycles. The van der Waals surface area contributed by atoms with Crippen LogP contribution in [0.25, 0.3) is 0 Å². The van der Waals surface area contributed by atoms with E-state index < -0.39 is 0 Å². The third-order valence-electron chi connectivity index (χ3n) is 2.13. The summed E-state index contributed by atoms with van der Waals surface area (Å²) in [6.45, 7) is 3.72. The van der Waals surface area contributed by atoms with Crippen LogP contribution in [0, 0.1) is 3.57 Å². The standard InChI is InChI=1S/C11H12BrIO/c1-3-8-5-4-6-9(13)10(8)11(12)7(2)14/h4-6,11H,3H2,1-2H3. The summed E-state index contributed by atoms with van der Waals surface area (Å²) in [5.74, 6) is 0.156. The zero-order valence-corrected chi connectivity index (χ0v) is 11.9. The van der Waals surface area contributed by atoms with E-state index in [1.54, 1.807) is 6.92 Å². The zero-order chi connectivity index (χ0) is 10.7. The Labute approximate surface area is 107 Å². The molecule has 0 bridgehead atoms. The molecule has 14 heavy (non-hydrogen) atoms. The average molecular weight is 367 g/mol. The van der Waals surface area contributed by atoms with Gasteiger partial charge in [-0.15, -0.1) is 0 Å². The van der Waals surface area contributed by atoms with Gasteiger partial charge in [0, 0.05) is 3.57 Å². The molecule has 0 amide bonds. The van der Waals surface area contributed by atoms with Gasteiger partial charge < -0.3 is 0 Å². The molecular formula is C11H12BrIO. The fraction of sp³-hybridized carbons (Fsp3) is 0.364. The van der Waals surface area contributed by atoms with Crippen LogP contribution >= 0.6 is 38.5 Å². The number of ketones is 1. The Kier molecular flexibility index (Phi) is 4.57. The van der Waals surface area contributed by atoms with Crippen molar-refractivity contribution in [1.82, 2.24) is 0 Å². The van der Waals surface area contributed by atoms with Crippen LogP contribution in [0.1, 0.15) is 29.8 Å². The van der Waals surface area contributed by atoms with Gasteiger partial charge in [0.25, 0.3) is 0 Å². The summed E-state index contributed by atoms with van der Waals surface area (Å²) in [6.07, 6.45) is 0.960. The molecule has 0 aliphatic rings. The molecule has 1 nitrogen and oxygen atoms in total. The Balaban J connectivity index is 3.23. The smallest absolute Gasteiger partial charge is 0.147 e. The van der Waals surface area contributed by atoms with Gasteiger partial charge in [-0.25, -0.2) is 0 Å². The molecule has 0 spiro atoms. The van der Waals surface area contributed by atoms with Crippen molar-refractivity contribution in [2.75, 3.05) is 0 Å². The van der Waals surface area contributed by atoms with Crippen molar-refractivity contribution in [2.24, 2.45) is 0 Å². The first-order valence-corrected chi connectivity index (χ1v) is 6.49. The van der Waals surface area contributed by atoms with Gasteiger partial charge in [0.2, 0.25) is 0 Å². The lowest BCUT2D eigenvalue weighted by Crippen LogP contribution is -2.06. The number of aryl methyl sites for hydroxylation is 1. The van der Waals surface area contributed by atoms with Crippen molar-refractivity contribution >= 4 is 44.3 Å². The number of alkyl halides is 1. The van der Waals surface area contributed by atoms with Gasteiger partial charge in [0.05, 0.1) is 4.83 Å². The van der Waals surface area contributed by atoms with E-state index in [1.165, 1.54) is 5.56 Å². The number of hydrogen-bond acceptors (Lipinski definition) is 1. The Morgan fingerprint density at radius 3 is 2.71 bits per heavy atom. The minimum atomic E-state index is -0.162. The fourth-order valence-electron chi connectivity index (χ4n) is 1.38. The molecule has 3 heteroatoms. The SMILES string of the molecule is CCc1cccc(I)c1C(Br)C(C)=O. The van der Waals surface area contributed by atoms with Crippen LogP contribution in [0.5, 0.6) is 0 Å². The molecule has 0 radical (unpaired) electrons. The zero-order valence-electron chi connectivity index (χ0n) is 8.18. The van der Waals surface area contributed by atoms with E-state index in [0.29, 0.717) is 0 Å². The molecule has 76 valence electrons. The molecule has 1 aromatic rings. The predicted molar refractivity (Wildman–Crippen MR) is 70.9 cm³/mol. The van der Waals surface area contributed by atoms with Gasteiger partial charge in [0.1, 0.15) is 5.78 Å². The summed E-state index contributed by atoms with van der Waals surface area (Å²) in [5.41, 5.74) is 2.37. The van der Waals surface area contributed by atoms with Crippen LogP contribution < -0.4 is 0 Å². The Bertz CT molecular complexity index is 349. The van der Waals surface area contributed by atoms with E-state index in [4.69, 9.17) is 0 Å². The lowest BCUT2D eigenvalue weighted by atomic mass is 10.0. The summed E-state index contributed by atoms with van der Waals surface area (Å²) in [5, 5.41) is 0. The van der Waals surface area contributed by atoms with E-state index in [2.05, 4.69) is 51.5 Å². The summed E-state index contributed by atoms with van der Waals surface area (Å²) < 4.78 is 1.15. The van der Waals surface area contributed by atoms with E-state index in [0.717, 1.165) is 15.6 Å². The average Bonchev–Trinajstić information content (AvgIpc) is 2.16. The van der Waals surface area contributed by atoms with Crippen LogP contribution in [0.15, 0.2) is 18.2 Å². The van der Waals surface area contributed by atoms with Gasteiger partial charge >= 0.3 is 0 Å². The maximum Gasteiger partial charge on any atom is 0.147 e. The summed E-state index contributed by atoms with van der Waals surface area (Å²) in [7, 11) is 0. The third kappa shape index (κ3) is 2.57. The largest absolute Gasteiger partial charge is 0.298 e. The van der Waals surface area contributed by atoms with Crippen LogP contribution in [-0.4, -0.2) is 5.78 Å². The second-order valence-corrected chi connectivity index (χ2v) is 5.22. The minimum Gasteiger partial charge on any atom is -0.298 e. The second kappa shape index (κ2) is 5.26. The number of Topliss-reactive ketones (excluding diaryl/α,β-unsaturated/α-hetero) is 1. The number of hydrogen-bond donors (Lipinski definition) is 0. The van der Waals surface area contributed by atoms with E-state index in [1.807, 2.05) is 12.1 Å². The molecule has 1 rings (SSSR count). The highest BCUT2D eigenvalue weighted by Crippen LogP contribution is 2.31. The first-order chi connectivity index (χ1) is 6.57. The first kappa shape index (κ1) is 12.2. The number of benzene rings is 1. The van der Waals surface area contributed by atoms with Gasteiger partial charge in [-0.2, -0.15) is 0 Å². The highest BCUT2D eigenvalue weighted by atomic mass is 127. The second-order valence-electron chi connectivity index (χ2n) is 3.14. The predicted octanol–water partition coefficient (Wildman–Crippen LogP) is 3.88. The van der Waals surface area contributed by atoms with E-state index in [9.17, 15) is 4.79 Å². The summed E-state index contributed by atoms with van der Waals surface area (Å²) in [4.78, 5) is 11.2. The van der Waals surface area contributed by atoms with Crippen molar-refractivity contribution in [3.8, 4) is 0 Å². The topological polar surface area (TPSA) is 17.1 Å². The molecular weight excluding hydrogens is 355 g/mol. The molecule has 0 aliphatic carbocycles. The Morgan fingerprint density at radius 1 is 1.57 bits per heavy atom. The molecule has 0 fully saturated rings. The van der Waals surface area contributed by atoms with Crippen molar-refractivity contribution < 1.29 is 4.79 Å². The maximum atomic E-state index is 11.3. The van der Waals surface area contributed by atoms with Crippen LogP contribution in [-0.2, 0) is 11.2 Å². The monoisotopic (exact) mass is 366 g/mol.